The fourth-order valence-electron chi connectivity index (χ4n) is 2.25. The number of hydrogen-bond donors (Lipinski definition) is 3. The predicted molar refractivity (Wildman–Crippen MR) is 68.5 cm³/mol. The second-order valence-corrected chi connectivity index (χ2v) is 4.81. The van der Waals surface area contributed by atoms with E-state index in [2.05, 4.69) is 10.6 Å². The molecule has 18 heavy (non-hydrogen) atoms. The minimum Gasteiger partial charge on any atom is -0.481 e. The third-order valence-corrected chi connectivity index (χ3v) is 3.44. The standard InChI is InChI=1S/C12H23N3O3/c1-13-7-8-15(2)12(18)14-10-6-4-3-5-9(10)11(16)17/h9-10,13H,3-8H2,1-2H3,(H,14,18)(H,16,17). The van der Waals surface area contributed by atoms with E-state index in [0.29, 0.717) is 13.0 Å². The Morgan fingerprint density at radius 3 is 2.61 bits per heavy atom. The molecule has 0 spiro atoms. The number of amides is 2. The minimum atomic E-state index is -0.808. The third kappa shape index (κ3) is 4.18. The van der Waals surface area contributed by atoms with E-state index in [-0.39, 0.29) is 12.1 Å². The van der Waals surface area contributed by atoms with Crippen molar-refractivity contribution >= 4 is 12.0 Å². The normalized spacial score (nSPS) is 23.4. The van der Waals surface area contributed by atoms with Crippen LogP contribution in [0.1, 0.15) is 25.7 Å². The Morgan fingerprint density at radius 1 is 1.33 bits per heavy atom. The van der Waals surface area contributed by atoms with Crippen LogP contribution in [-0.4, -0.2) is 55.2 Å². The number of carbonyl (C=O) groups excluding carboxylic acids is 1. The molecule has 0 aromatic rings. The molecule has 1 fully saturated rings. The highest BCUT2D eigenvalue weighted by Crippen LogP contribution is 2.24. The summed E-state index contributed by atoms with van der Waals surface area (Å²) in [5.74, 6) is -1.25. The summed E-state index contributed by atoms with van der Waals surface area (Å²) < 4.78 is 0. The van der Waals surface area contributed by atoms with Gasteiger partial charge in [-0.05, 0) is 19.9 Å². The summed E-state index contributed by atoms with van der Waals surface area (Å²) in [5, 5.41) is 14.9. The molecule has 1 aliphatic rings. The van der Waals surface area contributed by atoms with Gasteiger partial charge in [0.15, 0.2) is 0 Å². The summed E-state index contributed by atoms with van der Waals surface area (Å²) in [7, 11) is 3.54. The number of aliphatic carboxylic acids is 1. The summed E-state index contributed by atoms with van der Waals surface area (Å²) in [6.07, 6.45) is 3.32. The highest BCUT2D eigenvalue weighted by molar-refractivity contribution is 5.76. The number of carboxylic acid groups (broad SMARTS) is 1. The lowest BCUT2D eigenvalue weighted by molar-refractivity contribution is -0.143. The third-order valence-electron chi connectivity index (χ3n) is 3.44. The monoisotopic (exact) mass is 257 g/mol. The molecule has 3 N–H and O–H groups in total. The molecule has 104 valence electrons. The van der Waals surface area contributed by atoms with Crippen molar-refractivity contribution in [2.45, 2.75) is 31.7 Å². The molecule has 2 unspecified atom stereocenters. The molecule has 6 heteroatoms. The molecular weight excluding hydrogens is 234 g/mol. The minimum absolute atomic E-state index is 0.191. The van der Waals surface area contributed by atoms with Gasteiger partial charge in [-0.15, -0.1) is 0 Å². The molecule has 0 bridgehead atoms. The van der Waals surface area contributed by atoms with E-state index in [9.17, 15) is 9.59 Å². The zero-order valence-electron chi connectivity index (χ0n) is 11.1. The molecule has 0 saturated heterocycles. The first-order valence-electron chi connectivity index (χ1n) is 6.45. The Morgan fingerprint density at radius 2 is 2.00 bits per heavy atom. The van der Waals surface area contributed by atoms with Gasteiger partial charge in [-0.2, -0.15) is 0 Å². The van der Waals surface area contributed by atoms with Crippen LogP contribution >= 0.6 is 0 Å². The second kappa shape index (κ2) is 7.20. The number of carboxylic acids is 1. The lowest BCUT2D eigenvalue weighted by Gasteiger charge is -2.31. The molecule has 2 amide bonds. The summed E-state index contributed by atoms with van der Waals surface area (Å²) in [6, 6.07) is -0.427. The van der Waals surface area contributed by atoms with E-state index in [1.165, 1.54) is 0 Å². The van der Waals surface area contributed by atoms with Crippen molar-refractivity contribution in [2.75, 3.05) is 27.2 Å². The molecule has 0 aromatic carbocycles. The Hall–Kier alpha value is -1.30. The molecule has 0 aliphatic heterocycles. The zero-order valence-corrected chi connectivity index (χ0v) is 11.1. The number of nitrogens with one attached hydrogen (secondary N) is 2. The molecule has 1 aliphatic carbocycles. The van der Waals surface area contributed by atoms with Crippen LogP contribution in [-0.2, 0) is 4.79 Å². The van der Waals surface area contributed by atoms with E-state index in [4.69, 9.17) is 5.11 Å². The molecule has 2 atom stereocenters. The number of nitrogens with zero attached hydrogens (tertiary/aromatic N) is 1. The fourth-order valence-corrected chi connectivity index (χ4v) is 2.25. The molecular formula is C12H23N3O3. The highest BCUT2D eigenvalue weighted by Gasteiger charge is 2.32. The Bertz CT molecular complexity index is 296. The van der Waals surface area contributed by atoms with Gasteiger partial charge in [0.05, 0.1) is 5.92 Å². The van der Waals surface area contributed by atoms with Crippen molar-refractivity contribution in [3.05, 3.63) is 0 Å². The highest BCUT2D eigenvalue weighted by atomic mass is 16.4. The van der Waals surface area contributed by atoms with Crippen LogP contribution in [0.5, 0.6) is 0 Å². The van der Waals surface area contributed by atoms with Crippen LogP contribution < -0.4 is 10.6 Å². The summed E-state index contributed by atoms with van der Waals surface area (Å²) in [6.45, 7) is 1.32. The van der Waals surface area contributed by atoms with Crippen molar-refractivity contribution in [3.8, 4) is 0 Å². The first kappa shape index (κ1) is 14.8. The van der Waals surface area contributed by atoms with Crippen LogP contribution in [0.2, 0.25) is 0 Å². The maximum Gasteiger partial charge on any atom is 0.317 e. The number of hydrogen-bond acceptors (Lipinski definition) is 3. The van der Waals surface area contributed by atoms with E-state index >= 15 is 0 Å². The SMILES string of the molecule is CNCCN(C)C(=O)NC1CCCCC1C(=O)O. The van der Waals surface area contributed by atoms with Gasteiger partial charge in [-0.25, -0.2) is 4.79 Å². The van der Waals surface area contributed by atoms with Crippen LogP contribution in [0.4, 0.5) is 4.79 Å². The topological polar surface area (TPSA) is 81.7 Å². The van der Waals surface area contributed by atoms with Gasteiger partial charge in [-0.3, -0.25) is 4.79 Å². The second-order valence-electron chi connectivity index (χ2n) is 4.81. The Kier molecular flexibility index (Phi) is 5.91. The smallest absolute Gasteiger partial charge is 0.317 e. The van der Waals surface area contributed by atoms with Crippen molar-refractivity contribution in [1.29, 1.82) is 0 Å². The van der Waals surface area contributed by atoms with Gasteiger partial charge < -0.3 is 20.6 Å². The average Bonchev–Trinajstić information content (AvgIpc) is 2.36. The number of likely N-dealkylation sites (N-methyl/N-ethyl adjacent to an activating group) is 2. The van der Waals surface area contributed by atoms with E-state index in [1.807, 2.05) is 7.05 Å². The number of carbonyl (C=O) groups is 2. The molecule has 0 radical (unpaired) electrons. The van der Waals surface area contributed by atoms with Gasteiger partial charge in [0.2, 0.25) is 0 Å². The van der Waals surface area contributed by atoms with Crippen LogP contribution in [0.25, 0.3) is 0 Å². The van der Waals surface area contributed by atoms with Crippen LogP contribution in [0.3, 0.4) is 0 Å². The quantitative estimate of drug-likeness (QED) is 0.669. The van der Waals surface area contributed by atoms with Crippen molar-refractivity contribution in [3.63, 3.8) is 0 Å². The van der Waals surface area contributed by atoms with Crippen LogP contribution in [0, 0.1) is 5.92 Å². The Labute approximate surface area is 108 Å². The van der Waals surface area contributed by atoms with Gasteiger partial charge in [-0.1, -0.05) is 12.8 Å². The lowest BCUT2D eigenvalue weighted by atomic mass is 9.84. The van der Waals surface area contributed by atoms with Gasteiger partial charge in [0.25, 0.3) is 0 Å². The molecule has 0 heterocycles. The predicted octanol–water partition coefficient (Wildman–Crippen LogP) is 0.491. The van der Waals surface area contributed by atoms with E-state index < -0.39 is 11.9 Å². The maximum atomic E-state index is 11.9. The van der Waals surface area contributed by atoms with E-state index in [0.717, 1.165) is 25.8 Å². The largest absolute Gasteiger partial charge is 0.481 e. The van der Waals surface area contributed by atoms with Gasteiger partial charge in [0, 0.05) is 26.2 Å². The molecule has 1 saturated carbocycles. The zero-order chi connectivity index (χ0) is 13.5. The van der Waals surface area contributed by atoms with Crippen LogP contribution in [0.15, 0.2) is 0 Å². The average molecular weight is 257 g/mol. The summed E-state index contributed by atoms with van der Waals surface area (Å²) in [4.78, 5) is 24.6. The summed E-state index contributed by atoms with van der Waals surface area (Å²) in [5.41, 5.74) is 0. The van der Waals surface area contributed by atoms with Gasteiger partial charge >= 0.3 is 12.0 Å². The van der Waals surface area contributed by atoms with Crippen molar-refractivity contribution < 1.29 is 14.7 Å². The number of urea groups is 1. The molecule has 1 rings (SSSR count). The lowest BCUT2D eigenvalue weighted by Crippen LogP contribution is -2.50. The summed E-state index contributed by atoms with van der Waals surface area (Å²) >= 11 is 0. The Balaban J connectivity index is 2.48. The molecule has 0 aromatic heterocycles. The molecule has 6 nitrogen and oxygen atoms in total. The number of rotatable bonds is 5. The maximum absolute atomic E-state index is 11.9. The first-order valence-corrected chi connectivity index (χ1v) is 6.45. The van der Waals surface area contributed by atoms with Crippen molar-refractivity contribution in [1.82, 2.24) is 15.5 Å². The fraction of sp³-hybridized carbons (Fsp3) is 0.833. The van der Waals surface area contributed by atoms with E-state index in [1.54, 1.807) is 11.9 Å². The van der Waals surface area contributed by atoms with Crippen molar-refractivity contribution in [2.24, 2.45) is 5.92 Å². The van der Waals surface area contributed by atoms with Gasteiger partial charge in [0.1, 0.15) is 0 Å². The first-order chi connectivity index (χ1) is 8.56.